The van der Waals surface area contributed by atoms with Crippen LogP contribution in [0, 0.1) is 5.92 Å². The van der Waals surface area contributed by atoms with Gasteiger partial charge in [-0.3, -0.25) is 4.79 Å². The normalized spacial score (nSPS) is 22.9. The molecule has 1 amide bonds. The summed E-state index contributed by atoms with van der Waals surface area (Å²) in [5.41, 5.74) is 3.89. The van der Waals surface area contributed by atoms with Gasteiger partial charge < -0.3 is 15.8 Å². The highest BCUT2D eigenvalue weighted by Gasteiger charge is 2.34. The lowest BCUT2D eigenvalue weighted by Gasteiger charge is -2.30. The summed E-state index contributed by atoms with van der Waals surface area (Å²) in [7, 11) is 0. The van der Waals surface area contributed by atoms with E-state index in [1.807, 2.05) is 6.92 Å². The minimum Gasteiger partial charge on any atom is -0.472 e. The fourth-order valence-corrected chi connectivity index (χ4v) is 2.14. The van der Waals surface area contributed by atoms with Crippen molar-refractivity contribution in [2.75, 3.05) is 13.1 Å². The predicted molar refractivity (Wildman–Crippen MR) is 68.8 cm³/mol. The predicted octanol–water partition coefficient (Wildman–Crippen LogP) is 1.58. The number of primary amides is 1. The number of halogens is 3. The van der Waals surface area contributed by atoms with E-state index in [0.29, 0.717) is 6.54 Å². The first-order chi connectivity index (χ1) is 9.79. The van der Waals surface area contributed by atoms with Gasteiger partial charge in [0.05, 0.1) is 0 Å². The van der Waals surface area contributed by atoms with Crippen molar-refractivity contribution in [1.82, 2.24) is 10.3 Å². The topological polar surface area (TPSA) is 77.2 Å². The average molecular weight is 303 g/mol. The van der Waals surface area contributed by atoms with Gasteiger partial charge in [0.1, 0.15) is 17.4 Å². The van der Waals surface area contributed by atoms with E-state index in [1.165, 1.54) is 0 Å². The van der Waals surface area contributed by atoms with E-state index in [4.69, 9.17) is 10.5 Å². The Hall–Kier alpha value is -1.83. The Balaban J connectivity index is 2.32. The number of nitrogens with one attached hydrogen (secondary N) is 1. The Kier molecular flexibility index (Phi) is 4.36. The molecular formula is C13H16F3N3O2. The molecule has 0 aliphatic carbocycles. The number of carbonyl (C=O) groups is 1. The fraction of sp³-hybridized carbons (Fsp3) is 0.538. The average Bonchev–Trinajstić information content (AvgIpc) is 2.40. The summed E-state index contributed by atoms with van der Waals surface area (Å²) in [5.74, 6) is -1.09. The number of aromatic nitrogens is 1. The Bertz CT molecular complexity index is 534. The number of nitrogens with zero attached hydrogens (tertiary/aromatic N) is 1. The second-order valence-electron chi connectivity index (χ2n) is 5.04. The van der Waals surface area contributed by atoms with Gasteiger partial charge >= 0.3 is 6.18 Å². The smallest absolute Gasteiger partial charge is 0.433 e. The third-order valence-corrected chi connectivity index (χ3v) is 3.44. The molecule has 0 saturated carbocycles. The summed E-state index contributed by atoms with van der Waals surface area (Å²) in [6.07, 6.45) is -4.13. The highest BCUT2D eigenvalue weighted by Crippen LogP contribution is 2.31. The third-order valence-electron chi connectivity index (χ3n) is 3.44. The van der Waals surface area contributed by atoms with Gasteiger partial charge in [-0.2, -0.15) is 13.2 Å². The maximum absolute atomic E-state index is 12.7. The van der Waals surface area contributed by atoms with Crippen molar-refractivity contribution in [2.45, 2.75) is 25.6 Å². The van der Waals surface area contributed by atoms with Crippen LogP contribution in [0.5, 0.6) is 5.88 Å². The van der Waals surface area contributed by atoms with Crippen LogP contribution in [0.3, 0.4) is 0 Å². The summed E-state index contributed by atoms with van der Waals surface area (Å²) < 4.78 is 43.6. The molecule has 1 aromatic rings. The summed E-state index contributed by atoms with van der Waals surface area (Å²) in [4.78, 5) is 14.7. The van der Waals surface area contributed by atoms with Crippen LogP contribution in [0.25, 0.3) is 0 Å². The molecule has 0 spiro atoms. The van der Waals surface area contributed by atoms with E-state index < -0.39 is 17.8 Å². The van der Waals surface area contributed by atoms with Gasteiger partial charge in [0.15, 0.2) is 0 Å². The minimum atomic E-state index is -4.61. The zero-order valence-corrected chi connectivity index (χ0v) is 11.4. The quantitative estimate of drug-likeness (QED) is 0.888. The highest BCUT2D eigenvalue weighted by atomic mass is 19.4. The van der Waals surface area contributed by atoms with Crippen LogP contribution in [0.1, 0.15) is 29.4 Å². The molecule has 1 saturated heterocycles. The number of ether oxygens (including phenoxy) is 1. The first kappa shape index (κ1) is 15.6. The van der Waals surface area contributed by atoms with E-state index in [1.54, 1.807) is 0 Å². The van der Waals surface area contributed by atoms with E-state index in [2.05, 4.69) is 10.3 Å². The van der Waals surface area contributed by atoms with Crippen LogP contribution in [-0.2, 0) is 6.18 Å². The van der Waals surface area contributed by atoms with Crippen LogP contribution in [-0.4, -0.2) is 30.1 Å². The van der Waals surface area contributed by atoms with Gasteiger partial charge in [-0.15, -0.1) is 0 Å². The third kappa shape index (κ3) is 3.63. The standard InChI is InChI=1S/C13H16F3N3O2/c1-7-4-5-18-6-9(7)21-12-8(11(17)20)2-3-10(19-12)13(14,15)16/h2-3,7,9,18H,4-6H2,1H3,(H2,17,20). The summed E-state index contributed by atoms with van der Waals surface area (Å²) >= 11 is 0. The minimum absolute atomic E-state index is 0.142. The Morgan fingerprint density at radius 3 is 2.76 bits per heavy atom. The number of alkyl halides is 3. The van der Waals surface area contributed by atoms with E-state index >= 15 is 0 Å². The van der Waals surface area contributed by atoms with Crippen molar-refractivity contribution in [3.8, 4) is 5.88 Å². The Labute approximate surface area is 119 Å². The molecule has 1 aromatic heterocycles. The molecule has 0 aromatic carbocycles. The molecule has 2 atom stereocenters. The van der Waals surface area contributed by atoms with Crippen molar-refractivity contribution in [1.29, 1.82) is 0 Å². The lowest BCUT2D eigenvalue weighted by Crippen LogP contribution is -2.43. The highest BCUT2D eigenvalue weighted by molar-refractivity contribution is 5.95. The van der Waals surface area contributed by atoms with Gasteiger partial charge in [0, 0.05) is 6.54 Å². The molecular weight excluding hydrogens is 287 g/mol. The zero-order chi connectivity index (χ0) is 15.6. The molecule has 116 valence electrons. The van der Waals surface area contributed by atoms with Crippen molar-refractivity contribution < 1.29 is 22.7 Å². The molecule has 21 heavy (non-hydrogen) atoms. The van der Waals surface area contributed by atoms with Gasteiger partial charge in [-0.05, 0) is 31.0 Å². The van der Waals surface area contributed by atoms with E-state index in [-0.39, 0.29) is 23.5 Å². The van der Waals surface area contributed by atoms with Gasteiger partial charge in [0.25, 0.3) is 5.91 Å². The molecule has 1 aliphatic rings. The fourth-order valence-electron chi connectivity index (χ4n) is 2.14. The monoisotopic (exact) mass is 303 g/mol. The maximum atomic E-state index is 12.7. The molecule has 1 aliphatic heterocycles. The summed E-state index contributed by atoms with van der Waals surface area (Å²) in [6.45, 7) is 3.24. The summed E-state index contributed by atoms with van der Waals surface area (Å²) in [5, 5.41) is 3.09. The van der Waals surface area contributed by atoms with Crippen LogP contribution in [0.15, 0.2) is 12.1 Å². The number of carbonyl (C=O) groups excluding carboxylic acids is 1. The summed E-state index contributed by atoms with van der Waals surface area (Å²) in [6, 6.07) is 1.71. The Morgan fingerprint density at radius 2 is 2.19 bits per heavy atom. The number of hydrogen-bond acceptors (Lipinski definition) is 4. The largest absolute Gasteiger partial charge is 0.472 e. The van der Waals surface area contributed by atoms with E-state index in [0.717, 1.165) is 25.1 Å². The molecule has 0 bridgehead atoms. The number of nitrogens with two attached hydrogens (primary N) is 1. The number of amides is 1. The molecule has 2 heterocycles. The van der Waals surface area contributed by atoms with Crippen LogP contribution < -0.4 is 15.8 Å². The van der Waals surface area contributed by atoms with Crippen LogP contribution >= 0.6 is 0 Å². The number of rotatable bonds is 3. The number of pyridine rings is 1. The molecule has 1 fully saturated rings. The lowest BCUT2D eigenvalue weighted by molar-refractivity contribution is -0.141. The first-order valence-corrected chi connectivity index (χ1v) is 6.54. The SMILES string of the molecule is CC1CCNCC1Oc1nc(C(F)(F)F)ccc1C(N)=O. The molecule has 3 N–H and O–H groups in total. The van der Waals surface area contributed by atoms with Gasteiger partial charge in [0.2, 0.25) is 5.88 Å². The molecule has 5 nitrogen and oxygen atoms in total. The van der Waals surface area contributed by atoms with Crippen molar-refractivity contribution in [2.24, 2.45) is 11.7 Å². The van der Waals surface area contributed by atoms with Crippen LogP contribution in [0.4, 0.5) is 13.2 Å². The van der Waals surface area contributed by atoms with Crippen molar-refractivity contribution in [3.63, 3.8) is 0 Å². The van der Waals surface area contributed by atoms with Gasteiger partial charge in [-0.1, -0.05) is 6.92 Å². The van der Waals surface area contributed by atoms with Crippen molar-refractivity contribution >= 4 is 5.91 Å². The zero-order valence-electron chi connectivity index (χ0n) is 11.4. The molecule has 2 rings (SSSR count). The number of hydrogen-bond donors (Lipinski definition) is 2. The van der Waals surface area contributed by atoms with E-state index in [9.17, 15) is 18.0 Å². The second-order valence-corrected chi connectivity index (χ2v) is 5.04. The number of piperidine rings is 1. The molecule has 2 unspecified atom stereocenters. The maximum Gasteiger partial charge on any atom is 0.433 e. The molecule has 0 radical (unpaired) electrons. The lowest BCUT2D eigenvalue weighted by atomic mass is 9.97. The molecule has 8 heteroatoms. The van der Waals surface area contributed by atoms with Crippen LogP contribution in [0.2, 0.25) is 0 Å². The van der Waals surface area contributed by atoms with Crippen molar-refractivity contribution in [3.05, 3.63) is 23.4 Å². The second kappa shape index (κ2) is 5.88. The first-order valence-electron chi connectivity index (χ1n) is 6.54. The Morgan fingerprint density at radius 1 is 1.48 bits per heavy atom. The van der Waals surface area contributed by atoms with Gasteiger partial charge in [-0.25, -0.2) is 4.98 Å².